The third kappa shape index (κ3) is 4.87. The second-order valence-corrected chi connectivity index (χ2v) is 2.00. The Morgan fingerprint density at radius 1 is 0.933 bits per heavy atom. The predicted molar refractivity (Wildman–Crippen MR) is 56.9 cm³/mol. The minimum absolute atomic E-state index is 0. The number of nitro groups is 2. The molecule has 0 atom stereocenters. The van der Waals surface area contributed by atoms with Gasteiger partial charge in [0.15, 0.2) is 0 Å². The summed E-state index contributed by atoms with van der Waals surface area (Å²) >= 11 is 0. The molecule has 0 aliphatic rings. The molecule has 0 bridgehead atoms. The average molecular weight is 221 g/mol. The van der Waals surface area contributed by atoms with E-state index in [0.29, 0.717) is 0 Å². The van der Waals surface area contributed by atoms with Gasteiger partial charge in [-0.1, -0.05) is 26.0 Å². The average Bonchev–Trinajstić information content (AvgIpc) is 2.20. The van der Waals surface area contributed by atoms with Gasteiger partial charge in [-0.3, -0.25) is 20.2 Å². The van der Waals surface area contributed by atoms with E-state index in [-0.39, 0.29) is 29.6 Å². The molecule has 15 heavy (non-hydrogen) atoms. The molecular formula is C8H10N2NaO4. The summed E-state index contributed by atoms with van der Waals surface area (Å²) in [6.45, 7) is 4.00. The molecule has 77 valence electrons. The molecule has 0 aliphatic heterocycles. The van der Waals surface area contributed by atoms with E-state index < -0.39 is 21.2 Å². The molecule has 6 nitrogen and oxygen atoms in total. The van der Waals surface area contributed by atoms with E-state index in [0.717, 1.165) is 12.1 Å². The molecule has 1 rings (SSSR count). The van der Waals surface area contributed by atoms with Gasteiger partial charge in [-0.25, -0.2) is 0 Å². The Kier molecular flexibility index (Phi) is 9.14. The standard InChI is InChI=1S/C6H4N2O4.C2H6.Na/c9-7(10)5-3-1-2-4-6(5)8(11)12;1-2;/h1-4H;1-2H3;. The summed E-state index contributed by atoms with van der Waals surface area (Å²) < 4.78 is 0. The van der Waals surface area contributed by atoms with Crippen molar-refractivity contribution in [3.63, 3.8) is 0 Å². The number of para-hydroxylation sites is 2. The van der Waals surface area contributed by atoms with Crippen LogP contribution in [0.25, 0.3) is 0 Å². The van der Waals surface area contributed by atoms with Crippen LogP contribution in [0, 0.1) is 20.2 Å². The molecule has 0 amide bonds. The molecule has 0 N–H and O–H groups in total. The van der Waals surface area contributed by atoms with Crippen molar-refractivity contribution in [1.82, 2.24) is 0 Å². The maximum atomic E-state index is 10.2. The minimum atomic E-state index is -0.780. The van der Waals surface area contributed by atoms with Crippen LogP contribution in [0.4, 0.5) is 11.4 Å². The molecule has 0 unspecified atom stereocenters. The molecule has 0 saturated carbocycles. The molecule has 7 heteroatoms. The smallest absolute Gasteiger partial charge is 0.258 e. The van der Waals surface area contributed by atoms with Gasteiger partial charge in [-0.05, 0) is 0 Å². The van der Waals surface area contributed by atoms with Crippen molar-refractivity contribution in [1.29, 1.82) is 0 Å². The molecule has 1 radical (unpaired) electrons. The van der Waals surface area contributed by atoms with Gasteiger partial charge < -0.3 is 0 Å². The fraction of sp³-hybridized carbons (Fsp3) is 0.250. The Labute approximate surface area is 109 Å². The molecule has 1 aromatic rings. The summed E-state index contributed by atoms with van der Waals surface area (Å²) in [5.74, 6) is 0. The van der Waals surface area contributed by atoms with Crippen molar-refractivity contribution in [2.45, 2.75) is 13.8 Å². The third-order valence-corrected chi connectivity index (χ3v) is 1.28. The van der Waals surface area contributed by atoms with E-state index in [1.54, 1.807) is 0 Å². The van der Waals surface area contributed by atoms with Crippen LogP contribution in [-0.4, -0.2) is 39.4 Å². The first-order chi connectivity index (χ1) is 6.63. The van der Waals surface area contributed by atoms with Gasteiger partial charge in [0.1, 0.15) is 0 Å². The third-order valence-electron chi connectivity index (χ3n) is 1.28. The van der Waals surface area contributed by atoms with E-state index in [4.69, 9.17) is 0 Å². The molecule has 1 aromatic carbocycles. The zero-order valence-electron chi connectivity index (χ0n) is 8.84. The maximum absolute atomic E-state index is 10.2. The van der Waals surface area contributed by atoms with Crippen LogP contribution in [0.5, 0.6) is 0 Å². The van der Waals surface area contributed by atoms with Crippen LogP contribution in [0.15, 0.2) is 24.3 Å². The van der Waals surface area contributed by atoms with Crippen LogP contribution in [0.2, 0.25) is 0 Å². The SMILES string of the molecule is CC.O=[N+]([O-])c1ccccc1[N+](=O)[O-].[Na]. The number of hydrogen-bond donors (Lipinski definition) is 0. The number of rotatable bonds is 2. The first-order valence-electron chi connectivity index (χ1n) is 4.00. The van der Waals surface area contributed by atoms with Crippen LogP contribution >= 0.6 is 0 Å². The van der Waals surface area contributed by atoms with E-state index in [1.165, 1.54) is 12.1 Å². The Balaban J connectivity index is 0. The van der Waals surface area contributed by atoms with E-state index in [9.17, 15) is 20.2 Å². The van der Waals surface area contributed by atoms with E-state index in [2.05, 4.69) is 0 Å². The summed E-state index contributed by atoms with van der Waals surface area (Å²) in [7, 11) is 0. The summed E-state index contributed by atoms with van der Waals surface area (Å²) in [6.07, 6.45) is 0. The summed E-state index contributed by atoms with van der Waals surface area (Å²) in [5.41, 5.74) is -0.968. The van der Waals surface area contributed by atoms with Crippen molar-refractivity contribution >= 4 is 40.9 Å². The van der Waals surface area contributed by atoms with Gasteiger partial charge in [-0.2, -0.15) is 0 Å². The van der Waals surface area contributed by atoms with Gasteiger partial charge in [0.05, 0.1) is 9.85 Å². The van der Waals surface area contributed by atoms with Gasteiger partial charge in [-0.15, -0.1) is 0 Å². The molecular weight excluding hydrogens is 211 g/mol. The topological polar surface area (TPSA) is 86.3 Å². The first kappa shape index (κ1) is 16.4. The number of nitrogens with zero attached hydrogens (tertiary/aromatic N) is 2. The first-order valence-corrected chi connectivity index (χ1v) is 4.00. The minimum Gasteiger partial charge on any atom is -0.258 e. The normalized spacial score (nSPS) is 7.87. The van der Waals surface area contributed by atoms with Crippen LogP contribution in [-0.2, 0) is 0 Å². The van der Waals surface area contributed by atoms with Crippen molar-refractivity contribution < 1.29 is 9.85 Å². The summed E-state index contributed by atoms with van der Waals surface area (Å²) in [6, 6.07) is 4.95. The number of hydrogen-bond acceptors (Lipinski definition) is 4. The fourth-order valence-corrected chi connectivity index (χ4v) is 0.773. The maximum Gasteiger partial charge on any atom is 0.346 e. The van der Waals surface area contributed by atoms with Crippen LogP contribution < -0.4 is 0 Å². The Hall–Kier alpha value is -0.980. The van der Waals surface area contributed by atoms with Crippen molar-refractivity contribution in [2.24, 2.45) is 0 Å². The Morgan fingerprint density at radius 3 is 1.40 bits per heavy atom. The zero-order valence-corrected chi connectivity index (χ0v) is 10.8. The zero-order chi connectivity index (χ0) is 11.1. The van der Waals surface area contributed by atoms with Gasteiger partial charge in [0.25, 0.3) is 0 Å². The summed E-state index contributed by atoms with van der Waals surface area (Å²) in [4.78, 5) is 18.9. The van der Waals surface area contributed by atoms with Gasteiger partial charge in [0.2, 0.25) is 0 Å². The Bertz CT molecular complexity index is 310. The summed E-state index contributed by atoms with van der Waals surface area (Å²) in [5, 5.41) is 20.5. The molecule has 0 spiro atoms. The second-order valence-electron chi connectivity index (χ2n) is 2.00. The number of nitro benzene ring substituents is 2. The molecule has 0 saturated heterocycles. The van der Waals surface area contributed by atoms with E-state index in [1.807, 2.05) is 13.8 Å². The Morgan fingerprint density at radius 2 is 1.20 bits per heavy atom. The van der Waals surface area contributed by atoms with Gasteiger partial charge >= 0.3 is 11.4 Å². The van der Waals surface area contributed by atoms with Crippen LogP contribution in [0.3, 0.4) is 0 Å². The van der Waals surface area contributed by atoms with Gasteiger partial charge in [0, 0.05) is 41.7 Å². The number of benzene rings is 1. The monoisotopic (exact) mass is 221 g/mol. The van der Waals surface area contributed by atoms with Crippen molar-refractivity contribution in [3.8, 4) is 0 Å². The largest absolute Gasteiger partial charge is 0.346 e. The van der Waals surface area contributed by atoms with Crippen molar-refractivity contribution in [2.75, 3.05) is 0 Å². The van der Waals surface area contributed by atoms with E-state index >= 15 is 0 Å². The predicted octanol–water partition coefficient (Wildman–Crippen LogP) is 2.15. The molecule has 0 fully saturated rings. The second kappa shape index (κ2) is 8.34. The fourth-order valence-electron chi connectivity index (χ4n) is 0.773. The quantitative estimate of drug-likeness (QED) is 0.435. The molecule has 0 heterocycles. The van der Waals surface area contributed by atoms with Crippen LogP contribution in [0.1, 0.15) is 13.8 Å². The molecule has 0 aliphatic carbocycles. The van der Waals surface area contributed by atoms with Crippen molar-refractivity contribution in [3.05, 3.63) is 44.5 Å². The molecule has 0 aromatic heterocycles.